The van der Waals surface area contributed by atoms with Gasteiger partial charge in [-0.1, -0.05) is 41.7 Å². The number of rotatable bonds is 5. The minimum atomic E-state index is -0.977. The number of aryl methyl sites for hydroxylation is 2. The molecule has 1 aliphatic heterocycles. The maximum atomic E-state index is 13.4. The first-order valence-electron chi connectivity index (χ1n) is 11.5. The summed E-state index contributed by atoms with van der Waals surface area (Å²) >= 11 is 1.30. The Kier molecular flexibility index (Phi) is 5.97. The minimum absolute atomic E-state index is 0.0211. The number of phenolic OH excluding ortho intramolecular Hbond substituents is 1. The van der Waals surface area contributed by atoms with E-state index in [-0.39, 0.29) is 17.1 Å². The van der Waals surface area contributed by atoms with Crippen LogP contribution in [0, 0.1) is 13.8 Å². The summed E-state index contributed by atoms with van der Waals surface area (Å²) in [5.41, 5.74) is 3.53. The van der Waals surface area contributed by atoms with E-state index in [0.717, 1.165) is 21.3 Å². The Morgan fingerprint density at radius 2 is 1.86 bits per heavy atom. The third-order valence-electron chi connectivity index (χ3n) is 6.07. The van der Waals surface area contributed by atoms with Crippen molar-refractivity contribution in [3.05, 3.63) is 88.5 Å². The SMILES string of the molecule is CCOc1cccc(/C(O)=C2\C(=O)C(=O)N(c3nc4c(C)cc(C)cc4s3)C2c2cccc(O)c2)c1. The zero-order valence-corrected chi connectivity index (χ0v) is 20.8. The van der Waals surface area contributed by atoms with Crippen molar-refractivity contribution in [2.45, 2.75) is 26.8 Å². The molecule has 1 unspecified atom stereocenters. The summed E-state index contributed by atoms with van der Waals surface area (Å²) in [6, 6.07) is 16.1. The van der Waals surface area contributed by atoms with Gasteiger partial charge in [0.2, 0.25) is 0 Å². The highest BCUT2D eigenvalue weighted by molar-refractivity contribution is 7.22. The van der Waals surface area contributed by atoms with Gasteiger partial charge in [0, 0.05) is 5.56 Å². The fraction of sp³-hybridized carbons (Fsp3) is 0.179. The number of benzene rings is 3. The average molecular weight is 501 g/mol. The van der Waals surface area contributed by atoms with Gasteiger partial charge in [0.15, 0.2) is 5.13 Å². The van der Waals surface area contributed by atoms with Crippen LogP contribution in [-0.2, 0) is 9.59 Å². The Morgan fingerprint density at radius 3 is 2.61 bits per heavy atom. The van der Waals surface area contributed by atoms with E-state index in [0.29, 0.717) is 28.6 Å². The molecule has 1 fully saturated rings. The van der Waals surface area contributed by atoms with Crippen molar-refractivity contribution in [1.29, 1.82) is 0 Å². The first kappa shape index (κ1) is 23.6. The Hall–Kier alpha value is -4.17. The molecule has 1 atom stereocenters. The normalized spacial score (nSPS) is 17.2. The summed E-state index contributed by atoms with van der Waals surface area (Å²) in [6.07, 6.45) is 0. The van der Waals surface area contributed by atoms with E-state index in [2.05, 4.69) is 0 Å². The highest BCUT2D eigenvalue weighted by Gasteiger charge is 2.48. The van der Waals surface area contributed by atoms with Gasteiger partial charge in [-0.05, 0) is 67.8 Å². The standard InChI is InChI=1S/C28H24N2O5S/c1-4-35-20-10-6-8-18(14-20)25(32)22-24(17-7-5-9-19(31)13-17)30(27(34)26(22)33)28-29-23-16(3)11-15(2)12-21(23)36-28/h5-14,24,31-32H,4H2,1-3H3/b25-22+. The molecule has 182 valence electrons. The zero-order valence-electron chi connectivity index (χ0n) is 20.0. The number of fused-ring (bicyclic) bond motifs is 1. The number of Topliss-reactive ketones (excluding diaryl/α,β-unsaturated/α-hetero) is 1. The van der Waals surface area contributed by atoms with Crippen LogP contribution in [0.25, 0.3) is 16.0 Å². The number of aliphatic hydroxyl groups excluding tert-OH is 1. The van der Waals surface area contributed by atoms with Gasteiger partial charge < -0.3 is 14.9 Å². The lowest BCUT2D eigenvalue weighted by Crippen LogP contribution is -2.29. The van der Waals surface area contributed by atoms with Crippen molar-refractivity contribution in [2.75, 3.05) is 11.5 Å². The molecule has 4 aromatic rings. The summed E-state index contributed by atoms with van der Waals surface area (Å²) in [7, 11) is 0. The number of carbonyl (C=O) groups excluding carboxylic acids is 2. The van der Waals surface area contributed by atoms with E-state index in [4.69, 9.17) is 9.72 Å². The van der Waals surface area contributed by atoms with Crippen LogP contribution in [0.4, 0.5) is 5.13 Å². The highest BCUT2D eigenvalue weighted by atomic mass is 32.1. The maximum absolute atomic E-state index is 13.4. The molecule has 1 aromatic heterocycles. The van der Waals surface area contributed by atoms with Gasteiger partial charge in [0.1, 0.15) is 17.3 Å². The minimum Gasteiger partial charge on any atom is -0.508 e. The molecular formula is C28H24N2O5S. The molecule has 0 radical (unpaired) electrons. The third kappa shape index (κ3) is 3.99. The third-order valence-corrected chi connectivity index (χ3v) is 7.08. The number of carbonyl (C=O) groups is 2. The molecule has 1 amide bonds. The lowest BCUT2D eigenvalue weighted by Gasteiger charge is -2.23. The second-order valence-corrected chi connectivity index (χ2v) is 9.66. The molecule has 2 heterocycles. The van der Waals surface area contributed by atoms with Crippen LogP contribution < -0.4 is 9.64 Å². The van der Waals surface area contributed by atoms with Gasteiger partial charge in [0.25, 0.3) is 5.78 Å². The monoisotopic (exact) mass is 500 g/mol. The Bertz CT molecular complexity index is 1550. The summed E-state index contributed by atoms with van der Waals surface area (Å²) in [6.45, 7) is 6.22. The number of anilines is 1. The van der Waals surface area contributed by atoms with Crippen LogP contribution in [0.2, 0.25) is 0 Å². The molecule has 2 N–H and O–H groups in total. The van der Waals surface area contributed by atoms with Crippen molar-refractivity contribution < 1.29 is 24.5 Å². The van der Waals surface area contributed by atoms with Crippen molar-refractivity contribution in [3.8, 4) is 11.5 Å². The smallest absolute Gasteiger partial charge is 0.301 e. The summed E-state index contributed by atoms with van der Waals surface area (Å²) in [4.78, 5) is 32.8. The summed E-state index contributed by atoms with van der Waals surface area (Å²) < 4.78 is 6.43. The zero-order chi connectivity index (χ0) is 25.6. The van der Waals surface area contributed by atoms with Gasteiger partial charge >= 0.3 is 5.91 Å². The molecule has 0 aliphatic carbocycles. The van der Waals surface area contributed by atoms with Crippen LogP contribution >= 0.6 is 11.3 Å². The number of ether oxygens (including phenoxy) is 1. The van der Waals surface area contributed by atoms with E-state index in [1.54, 1.807) is 36.4 Å². The number of hydrogen-bond donors (Lipinski definition) is 2. The predicted octanol–water partition coefficient (Wildman–Crippen LogP) is 5.64. The van der Waals surface area contributed by atoms with Gasteiger partial charge in [-0.25, -0.2) is 4.98 Å². The number of phenols is 1. The maximum Gasteiger partial charge on any atom is 0.301 e. The van der Waals surface area contributed by atoms with Gasteiger partial charge in [-0.15, -0.1) is 0 Å². The summed E-state index contributed by atoms with van der Waals surface area (Å²) in [5, 5.41) is 21.9. The van der Waals surface area contributed by atoms with Crippen LogP contribution in [0.1, 0.15) is 35.2 Å². The van der Waals surface area contributed by atoms with E-state index in [1.165, 1.54) is 28.4 Å². The molecule has 36 heavy (non-hydrogen) atoms. The molecule has 1 aliphatic rings. The number of aromatic hydroxyl groups is 1. The molecule has 8 heteroatoms. The lowest BCUT2D eigenvalue weighted by molar-refractivity contribution is -0.132. The summed E-state index contributed by atoms with van der Waals surface area (Å²) in [5.74, 6) is -1.43. The first-order valence-corrected chi connectivity index (χ1v) is 12.3. The van der Waals surface area contributed by atoms with Crippen molar-refractivity contribution in [1.82, 2.24) is 4.98 Å². The number of aromatic nitrogens is 1. The number of ketones is 1. The lowest BCUT2D eigenvalue weighted by atomic mass is 9.95. The van der Waals surface area contributed by atoms with E-state index >= 15 is 0 Å². The highest BCUT2D eigenvalue weighted by Crippen LogP contribution is 2.45. The number of amides is 1. The molecular weight excluding hydrogens is 476 g/mol. The van der Waals surface area contributed by atoms with Crippen LogP contribution in [0.5, 0.6) is 11.5 Å². The average Bonchev–Trinajstić information content (AvgIpc) is 3.38. The molecule has 0 spiro atoms. The van der Waals surface area contributed by atoms with Crippen molar-refractivity contribution in [2.24, 2.45) is 0 Å². The van der Waals surface area contributed by atoms with E-state index in [1.807, 2.05) is 32.9 Å². The van der Waals surface area contributed by atoms with Gasteiger partial charge in [0.05, 0.1) is 28.4 Å². The van der Waals surface area contributed by atoms with Gasteiger partial charge in [-0.2, -0.15) is 0 Å². The number of aliphatic hydroxyl groups is 1. The van der Waals surface area contributed by atoms with E-state index in [9.17, 15) is 19.8 Å². The number of hydrogen-bond acceptors (Lipinski definition) is 7. The van der Waals surface area contributed by atoms with Crippen molar-refractivity contribution in [3.63, 3.8) is 0 Å². The second kappa shape index (κ2) is 9.13. The van der Waals surface area contributed by atoms with Gasteiger partial charge in [-0.3, -0.25) is 14.5 Å². The quantitative estimate of drug-likeness (QED) is 0.209. The Morgan fingerprint density at radius 1 is 1.08 bits per heavy atom. The molecule has 0 saturated carbocycles. The topological polar surface area (TPSA) is 100.0 Å². The Labute approximate surface area is 211 Å². The van der Waals surface area contributed by atoms with Crippen LogP contribution in [0.3, 0.4) is 0 Å². The number of nitrogens with zero attached hydrogens (tertiary/aromatic N) is 2. The molecule has 7 nitrogen and oxygen atoms in total. The molecule has 3 aromatic carbocycles. The molecule has 0 bridgehead atoms. The van der Waals surface area contributed by atoms with E-state index < -0.39 is 17.7 Å². The fourth-order valence-corrected chi connectivity index (χ4v) is 5.73. The molecule has 5 rings (SSSR count). The largest absolute Gasteiger partial charge is 0.508 e. The predicted molar refractivity (Wildman–Crippen MR) is 140 cm³/mol. The Balaban J connectivity index is 1.73. The fourth-order valence-electron chi connectivity index (χ4n) is 4.56. The number of thiazole rings is 1. The second-order valence-electron chi connectivity index (χ2n) is 8.65. The molecule has 1 saturated heterocycles. The van der Waals surface area contributed by atoms with Crippen LogP contribution in [-0.4, -0.2) is 33.5 Å². The van der Waals surface area contributed by atoms with Crippen molar-refractivity contribution >= 4 is 44.1 Å². The van der Waals surface area contributed by atoms with Crippen LogP contribution in [0.15, 0.2) is 66.2 Å². The first-order chi connectivity index (χ1) is 17.3.